The van der Waals surface area contributed by atoms with Crippen molar-refractivity contribution in [3.05, 3.63) is 41.0 Å². The molecule has 0 radical (unpaired) electrons. The van der Waals surface area contributed by atoms with Crippen molar-refractivity contribution in [2.75, 3.05) is 13.1 Å². The molecule has 110 valence electrons. The molecule has 1 nitrogen and oxygen atoms in total. The third-order valence-corrected chi connectivity index (χ3v) is 4.31. The molecule has 1 N–H and O–H groups in total. The van der Waals surface area contributed by atoms with Crippen LogP contribution < -0.4 is 5.32 Å². The number of hydrogen-bond donors (Lipinski definition) is 1. The van der Waals surface area contributed by atoms with Gasteiger partial charge >= 0.3 is 0 Å². The number of hydrogen-bond acceptors (Lipinski definition) is 1. The van der Waals surface area contributed by atoms with Gasteiger partial charge < -0.3 is 5.32 Å². The number of benzene rings is 1. The summed E-state index contributed by atoms with van der Waals surface area (Å²) in [7, 11) is 0. The topological polar surface area (TPSA) is 12.0 Å². The second-order valence-corrected chi connectivity index (χ2v) is 6.14. The molecule has 0 aromatic heterocycles. The first-order valence-electron chi connectivity index (χ1n) is 8.27. The minimum atomic E-state index is 0.800. The van der Waals surface area contributed by atoms with Crippen LogP contribution in [0.5, 0.6) is 0 Å². The molecule has 0 bridgehead atoms. The zero-order valence-corrected chi connectivity index (χ0v) is 13.1. The van der Waals surface area contributed by atoms with Crippen LogP contribution in [0.25, 0.3) is 6.08 Å². The van der Waals surface area contributed by atoms with Crippen LogP contribution in [0.15, 0.2) is 29.8 Å². The Kier molecular flexibility index (Phi) is 6.32. The van der Waals surface area contributed by atoms with Gasteiger partial charge in [0, 0.05) is 6.54 Å². The largest absolute Gasteiger partial charge is 0.313 e. The van der Waals surface area contributed by atoms with Crippen LogP contribution in [0.3, 0.4) is 0 Å². The Labute approximate surface area is 124 Å². The fourth-order valence-corrected chi connectivity index (χ4v) is 3.07. The minimum absolute atomic E-state index is 0.800. The molecule has 0 atom stereocenters. The van der Waals surface area contributed by atoms with Crippen molar-refractivity contribution in [1.82, 2.24) is 5.32 Å². The Morgan fingerprint density at radius 2 is 1.85 bits per heavy atom. The SMILES string of the molecule is CCCNC/C(=C/c1ccc(C)cc1)C1CCCCC1. The van der Waals surface area contributed by atoms with Gasteiger partial charge in [-0.1, -0.05) is 67.7 Å². The molecule has 2 rings (SSSR count). The van der Waals surface area contributed by atoms with Gasteiger partial charge in [-0.05, 0) is 44.2 Å². The van der Waals surface area contributed by atoms with Crippen molar-refractivity contribution < 1.29 is 0 Å². The van der Waals surface area contributed by atoms with Gasteiger partial charge in [-0.3, -0.25) is 0 Å². The molecule has 0 spiro atoms. The van der Waals surface area contributed by atoms with Crippen LogP contribution in [0.1, 0.15) is 56.6 Å². The summed E-state index contributed by atoms with van der Waals surface area (Å²) in [5.41, 5.74) is 4.31. The van der Waals surface area contributed by atoms with E-state index in [0.717, 1.165) is 19.0 Å². The highest BCUT2D eigenvalue weighted by Crippen LogP contribution is 2.30. The fourth-order valence-electron chi connectivity index (χ4n) is 3.07. The predicted molar refractivity (Wildman–Crippen MR) is 88.9 cm³/mol. The molecule has 1 aliphatic carbocycles. The Hall–Kier alpha value is -1.08. The summed E-state index contributed by atoms with van der Waals surface area (Å²) >= 11 is 0. The van der Waals surface area contributed by atoms with Crippen LogP contribution in [0.2, 0.25) is 0 Å². The number of rotatable bonds is 6. The smallest absolute Gasteiger partial charge is 0.0170 e. The highest BCUT2D eigenvalue weighted by atomic mass is 14.8. The molecule has 1 heteroatoms. The van der Waals surface area contributed by atoms with Crippen molar-refractivity contribution in [2.45, 2.75) is 52.4 Å². The van der Waals surface area contributed by atoms with E-state index in [2.05, 4.69) is 49.5 Å². The van der Waals surface area contributed by atoms with E-state index in [0.29, 0.717) is 0 Å². The second kappa shape index (κ2) is 8.26. The quantitative estimate of drug-likeness (QED) is 0.721. The molecule has 1 aliphatic rings. The van der Waals surface area contributed by atoms with Crippen LogP contribution >= 0.6 is 0 Å². The summed E-state index contributed by atoms with van der Waals surface area (Å²) in [6, 6.07) is 8.92. The van der Waals surface area contributed by atoms with Gasteiger partial charge in [-0.15, -0.1) is 0 Å². The number of nitrogens with one attached hydrogen (secondary N) is 1. The Morgan fingerprint density at radius 1 is 1.15 bits per heavy atom. The van der Waals surface area contributed by atoms with E-state index in [1.165, 1.54) is 49.7 Å². The molecule has 1 saturated carbocycles. The molecular formula is C19H29N. The molecule has 0 amide bonds. The molecular weight excluding hydrogens is 242 g/mol. The summed E-state index contributed by atoms with van der Waals surface area (Å²) in [4.78, 5) is 0. The van der Waals surface area contributed by atoms with Crippen molar-refractivity contribution in [3.8, 4) is 0 Å². The summed E-state index contributed by atoms with van der Waals surface area (Å²) in [5, 5.41) is 3.60. The first kappa shape index (κ1) is 15.3. The van der Waals surface area contributed by atoms with Crippen molar-refractivity contribution >= 4 is 6.08 Å². The molecule has 1 aromatic carbocycles. The first-order valence-corrected chi connectivity index (χ1v) is 8.27. The standard InChI is InChI=1S/C19H29N/c1-3-13-20-15-19(18-7-5-4-6-8-18)14-17-11-9-16(2)10-12-17/h9-12,14,18,20H,3-8,13,15H2,1-2H3/b19-14-. The molecule has 0 saturated heterocycles. The van der Waals surface area contributed by atoms with Gasteiger partial charge in [0.05, 0.1) is 0 Å². The van der Waals surface area contributed by atoms with Crippen molar-refractivity contribution in [2.24, 2.45) is 5.92 Å². The van der Waals surface area contributed by atoms with E-state index in [1.807, 2.05) is 0 Å². The van der Waals surface area contributed by atoms with Crippen molar-refractivity contribution in [3.63, 3.8) is 0 Å². The normalized spacial score (nSPS) is 17.4. The second-order valence-electron chi connectivity index (χ2n) is 6.14. The van der Waals surface area contributed by atoms with E-state index in [4.69, 9.17) is 0 Å². The van der Waals surface area contributed by atoms with Crippen LogP contribution in [-0.2, 0) is 0 Å². The molecule has 0 aliphatic heterocycles. The average molecular weight is 271 g/mol. The maximum atomic E-state index is 3.60. The van der Waals surface area contributed by atoms with E-state index < -0.39 is 0 Å². The van der Waals surface area contributed by atoms with E-state index in [1.54, 1.807) is 5.57 Å². The Morgan fingerprint density at radius 3 is 2.50 bits per heavy atom. The van der Waals surface area contributed by atoms with E-state index in [-0.39, 0.29) is 0 Å². The van der Waals surface area contributed by atoms with E-state index >= 15 is 0 Å². The Balaban J connectivity index is 2.09. The van der Waals surface area contributed by atoms with Crippen LogP contribution in [0, 0.1) is 12.8 Å². The maximum absolute atomic E-state index is 3.60. The summed E-state index contributed by atoms with van der Waals surface area (Å²) in [5.74, 6) is 0.800. The third-order valence-electron chi connectivity index (χ3n) is 4.31. The molecule has 0 heterocycles. The van der Waals surface area contributed by atoms with Gasteiger partial charge in [0.2, 0.25) is 0 Å². The molecule has 20 heavy (non-hydrogen) atoms. The lowest BCUT2D eigenvalue weighted by molar-refractivity contribution is 0.396. The highest BCUT2D eigenvalue weighted by molar-refractivity contribution is 5.54. The maximum Gasteiger partial charge on any atom is 0.0170 e. The van der Waals surface area contributed by atoms with Crippen LogP contribution in [-0.4, -0.2) is 13.1 Å². The predicted octanol–water partition coefficient (Wildman–Crippen LogP) is 4.96. The fraction of sp³-hybridized carbons (Fsp3) is 0.579. The lowest BCUT2D eigenvalue weighted by Gasteiger charge is -2.25. The van der Waals surface area contributed by atoms with Gasteiger partial charge in [0.15, 0.2) is 0 Å². The monoisotopic (exact) mass is 271 g/mol. The lowest BCUT2D eigenvalue weighted by atomic mass is 9.83. The molecule has 1 fully saturated rings. The molecule has 0 unspecified atom stereocenters. The summed E-state index contributed by atoms with van der Waals surface area (Å²) < 4.78 is 0. The zero-order valence-electron chi connectivity index (χ0n) is 13.1. The van der Waals surface area contributed by atoms with Gasteiger partial charge in [0.1, 0.15) is 0 Å². The average Bonchev–Trinajstić information content (AvgIpc) is 2.49. The van der Waals surface area contributed by atoms with Crippen LogP contribution in [0.4, 0.5) is 0 Å². The minimum Gasteiger partial charge on any atom is -0.313 e. The van der Waals surface area contributed by atoms with Crippen molar-refractivity contribution in [1.29, 1.82) is 0 Å². The zero-order chi connectivity index (χ0) is 14.2. The van der Waals surface area contributed by atoms with Gasteiger partial charge in [-0.2, -0.15) is 0 Å². The summed E-state index contributed by atoms with van der Waals surface area (Å²) in [6.07, 6.45) is 10.6. The van der Waals surface area contributed by atoms with E-state index in [9.17, 15) is 0 Å². The first-order chi connectivity index (χ1) is 9.79. The third kappa shape index (κ3) is 4.79. The summed E-state index contributed by atoms with van der Waals surface area (Å²) in [6.45, 7) is 6.57. The van der Waals surface area contributed by atoms with Gasteiger partial charge in [-0.25, -0.2) is 0 Å². The number of aryl methyl sites for hydroxylation is 1. The lowest BCUT2D eigenvalue weighted by Crippen LogP contribution is -2.23. The highest BCUT2D eigenvalue weighted by Gasteiger charge is 2.17. The van der Waals surface area contributed by atoms with Gasteiger partial charge in [0.25, 0.3) is 0 Å². The Bertz CT molecular complexity index is 410. The molecule has 1 aromatic rings.